The first kappa shape index (κ1) is 25.4. The highest BCUT2D eigenvalue weighted by Gasteiger charge is 2.45. The van der Waals surface area contributed by atoms with Gasteiger partial charge < -0.3 is 10.4 Å². The minimum absolute atomic E-state index is 0.0712. The molecule has 0 spiro atoms. The second kappa shape index (κ2) is 10.3. The van der Waals surface area contributed by atoms with E-state index in [0.717, 1.165) is 26.2 Å². The molecule has 1 unspecified atom stereocenters. The second-order valence-corrected chi connectivity index (χ2v) is 9.33. The van der Waals surface area contributed by atoms with Gasteiger partial charge in [0, 0.05) is 5.02 Å². The molecule has 3 atom stereocenters. The maximum Gasteiger partial charge on any atom is 0.392 e. The van der Waals surface area contributed by atoms with Crippen LogP contribution in [0, 0.1) is 11.8 Å². The Bertz CT molecular complexity index is 1010. The van der Waals surface area contributed by atoms with Gasteiger partial charge in [-0.25, -0.2) is 0 Å². The number of hydrogen-bond donors (Lipinski definition) is 2. The molecule has 0 aliphatic heterocycles. The predicted octanol–water partition coefficient (Wildman–Crippen LogP) is 7.27. The van der Waals surface area contributed by atoms with Gasteiger partial charge in [0.2, 0.25) is 5.91 Å². The number of alkyl halides is 3. The Balaban J connectivity index is 1.92. The third-order valence-electron chi connectivity index (χ3n) is 6.32. The first-order valence-electron chi connectivity index (χ1n) is 10.6. The van der Waals surface area contributed by atoms with Gasteiger partial charge in [-0.2, -0.15) is 13.2 Å². The molecule has 3 rings (SSSR count). The van der Waals surface area contributed by atoms with Crippen molar-refractivity contribution in [3.05, 3.63) is 63.6 Å². The zero-order valence-corrected chi connectivity index (χ0v) is 19.3. The molecule has 0 aromatic heterocycles. The maximum atomic E-state index is 13.6. The normalized spacial score (nSPS) is 17.0. The van der Waals surface area contributed by atoms with E-state index in [9.17, 15) is 27.9 Å². The van der Waals surface area contributed by atoms with E-state index in [-0.39, 0.29) is 34.5 Å². The van der Waals surface area contributed by atoms with Crippen LogP contribution in [0.4, 0.5) is 18.9 Å². The van der Waals surface area contributed by atoms with Gasteiger partial charge in [-0.05, 0) is 60.1 Å². The summed E-state index contributed by atoms with van der Waals surface area (Å²) >= 11 is 12.1. The summed E-state index contributed by atoms with van der Waals surface area (Å²) < 4.78 is 40.7. The molecule has 1 aliphatic rings. The summed E-state index contributed by atoms with van der Waals surface area (Å²) in [5.74, 6) is -5.34. The summed E-state index contributed by atoms with van der Waals surface area (Å²) in [7, 11) is 0. The van der Waals surface area contributed by atoms with Crippen molar-refractivity contribution in [1.82, 2.24) is 0 Å². The Kier molecular flexibility index (Phi) is 7.96. The summed E-state index contributed by atoms with van der Waals surface area (Å²) in [6.07, 6.45) is -1.84. The Morgan fingerprint density at radius 3 is 2.21 bits per heavy atom. The summed E-state index contributed by atoms with van der Waals surface area (Å²) in [4.78, 5) is 24.5. The molecule has 178 valence electrons. The minimum atomic E-state index is -4.61. The number of anilines is 1. The van der Waals surface area contributed by atoms with E-state index in [1.54, 1.807) is 12.1 Å². The molecule has 1 fully saturated rings. The summed E-state index contributed by atoms with van der Waals surface area (Å²) in [6, 6.07) is 10.5. The minimum Gasteiger partial charge on any atom is -0.481 e. The van der Waals surface area contributed by atoms with Crippen molar-refractivity contribution in [3.8, 4) is 0 Å². The first-order valence-corrected chi connectivity index (χ1v) is 11.4. The number of carbonyl (C=O) groups excluding carboxylic acids is 1. The van der Waals surface area contributed by atoms with Crippen LogP contribution in [-0.4, -0.2) is 23.2 Å². The van der Waals surface area contributed by atoms with Crippen molar-refractivity contribution < 1.29 is 27.9 Å². The van der Waals surface area contributed by atoms with E-state index in [1.807, 2.05) is 0 Å². The van der Waals surface area contributed by atoms with Crippen molar-refractivity contribution >= 4 is 40.8 Å². The van der Waals surface area contributed by atoms with Crippen LogP contribution in [0.1, 0.15) is 55.6 Å². The zero-order chi connectivity index (χ0) is 24.3. The van der Waals surface area contributed by atoms with Crippen LogP contribution in [0.3, 0.4) is 0 Å². The van der Waals surface area contributed by atoms with Gasteiger partial charge in [0.15, 0.2) is 0 Å². The molecular weight excluding hydrogens is 478 g/mol. The highest BCUT2D eigenvalue weighted by molar-refractivity contribution is 6.33. The molecule has 1 amide bonds. The number of carboxylic acids is 1. The van der Waals surface area contributed by atoms with E-state index < -0.39 is 29.9 Å². The number of amides is 1. The van der Waals surface area contributed by atoms with Gasteiger partial charge in [0.25, 0.3) is 0 Å². The SMILES string of the molecule is C[C@H]([C@H](C(=O)Nc1cc(C(CC(=O)O)C2CCC2)ccc1Cl)c1ccc(Cl)cc1)C(F)(F)F. The molecule has 4 nitrogen and oxygen atoms in total. The molecule has 0 saturated heterocycles. The molecule has 0 radical (unpaired) electrons. The molecule has 2 aromatic rings. The fraction of sp³-hybridized carbons (Fsp3) is 0.417. The molecule has 1 saturated carbocycles. The molecular formula is C24H24Cl2F3NO3. The number of carboxylic acid groups (broad SMARTS) is 1. The number of halogens is 5. The molecule has 2 N–H and O–H groups in total. The van der Waals surface area contributed by atoms with Crippen molar-refractivity contribution in [2.24, 2.45) is 11.8 Å². The van der Waals surface area contributed by atoms with Gasteiger partial charge in [0.1, 0.15) is 0 Å². The van der Waals surface area contributed by atoms with E-state index in [1.165, 1.54) is 30.3 Å². The second-order valence-electron chi connectivity index (χ2n) is 8.48. The average Bonchev–Trinajstić information content (AvgIpc) is 2.68. The van der Waals surface area contributed by atoms with Crippen LogP contribution in [-0.2, 0) is 9.59 Å². The number of nitrogens with one attached hydrogen (secondary N) is 1. The Morgan fingerprint density at radius 2 is 1.70 bits per heavy atom. The third kappa shape index (κ3) is 6.21. The lowest BCUT2D eigenvalue weighted by atomic mass is 9.71. The monoisotopic (exact) mass is 501 g/mol. The smallest absolute Gasteiger partial charge is 0.392 e. The lowest BCUT2D eigenvalue weighted by Crippen LogP contribution is -2.34. The van der Waals surface area contributed by atoms with E-state index in [4.69, 9.17) is 23.2 Å². The Hall–Kier alpha value is -2.25. The van der Waals surface area contributed by atoms with Crippen molar-refractivity contribution in [2.45, 2.75) is 50.6 Å². The van der Waals surface area contributed by atoms with Crippen LogP contribution in [0.2, 0.25) is 10.0 Å². The molecule has 0 heterocycles. The first-order chi connectivity index (χ1) is 15.5. The third-order valence-corrected chi connectivity index (χ3v) is 6.90. The number of benzene rings is 2. The predicted molar refractivity (Wildman–Crippen MR) is 122 cm³/mol. The van der Waals surface area contributed by atoms with Crippen molar-refractivity contribution in [1.29, 1.82) is 0 Å². The summed E-state index contributed by atoms with van der Waals surface area (Å²) in [6.45, 7) is 0.955. The zero-order valence-electron chi connectivity index (χ0n) is 17.8. The largest absolute Gasteiger partial charge is 0.481 e. The van der Waals surface area contributed by atoms with Gasteiger partial charge in [-0.3, -0.25) is 9.59 Å². The van der Waals surface area contributed by atoms with Crippen LogP contribution in [0.25, 0.3) is 0 Å². The molecule has 9 heteroatoms. The van der Waals surface area contributed by atoms with E-state index >= 15 is 0 Å². The number of rotatable bonds is 8. The van der Waals surface area contributed by atoms with Gasteiger partial charge in [-0.1, -0.05) is 54.7 Å². The highest BCUT2D eigenvalue weighted by Crippen LogP contribution is 2.43. The number of hydrogen-bond acceptors (Lipinski definition) is 2. The average molecular weight is 502 g/mol. The maximum absolute atomic E-state index is 13.6. The van der Waals surface area contributed by atoms with Crippen LogP contribution < -0.4 is 5.32 Å². The fourth-order valence-electron chi connectivity index (χ4n) is 4.19. The summed E-state index contributed by atoms with van der Waals surface area (Å²) in [5, 5.41) is 12.4. The highest BCUT2D eigenvalue weighted by atomic mass is 35.5. The van der Waals surface area contributed by atoms with E-state index in [0.29, 0.717) is 10.6 Å². The van der Waals surface area contributed by atoms with Crippen LogP contribution >= 0.6 is 23.2 Å². The van der Waals surface area contributed by atoms with E-state index in [2.05, 4.69) is 5.32 Å². The van der Waals surface area contributed by atoms with Crippen molar-refractivity contribution in [3.63, 3.8) is 0 Å². The lowest BCUT2D eigenvalue weighted by Gasteiger charge is -2.33. The van der Waals surface area contributed by atoms with Crippen LogP contribution in [0.15, 0.2) is 42.5 Å². The Morgan fingerprint density at radius 1 is 1.09 bits per heavy atom. The van der Waals surface area contributed by atoms with Gasteiger partial charge >= 0.3 is 12.1 Å². The number of carbonyl (C=O) groups is 2. The Labute approximate surface area is 200 Å². The molecule has 2 aromatic carbocycles. The molecule has 33 heavy (non-hydrogen) atoms. The standard InChI is InChI=1S/C24H24Cl2F3NO3/c1-13(24(27,28)29)22(15-5-8-17(25)9-6-15)23(33)30-20-11-16(7-10-19(20)26)18(12-21(31)32)14-3-2-4-14/h5-11,13-14,18,22H,2-4,12H2,1H3,(H,30,33)(H,31,32)/t13-,18?,22+/m1/s1. The summed E-state index contributed by atoms with van der Waals surface area (Å²) in [5.41, 5.74) is 1.02. The van der Waals surface area contributed by atoms with Crippen LogP contribution in [0.5, 0.6) is 0 Å². The van der Waals surface area contributed by atoms with Gasteiger partial charge in [-0.15, -0.1) is 0 Å². The molecule has 0 bridgehead atoms. The van der Waals surface area contributed by atoms with Gasteiger partial charge in [0.05, 0.1) is 29.0 Å². The molecule has 1 aliphatic carbocycles. The van der Waals surface area contributed by atoms with Crippen molar-refractivity contribution in [2.75, 3.05) is 5.32 Å². The number of aliphatic carboxylic acids is 1. The lowest BCUT2D eigenvalue weighted by molar-refractivity contribution is -0.178. The topological polar surface area (TPSA) is 66.4 Å². The quantitative estimate of drug-likeness (QED) is 0.399. The fourth-order valence-corrected chi connectivity index (χ4v) is 4.48.